The van der Waals surface area contributed by atoms with Crippen molar-refractivity contribution in [2.45, 2.75) is 70.1 Å². The van der Waals surface area contributed by atoms with Crippen LogP contribution in [0.4, 0.5) is 4.39 Å². The van der Waals surface area contributed by atoms with Crippen LogP contribution in [0.2, 0.25) is 0 Å². The number of halogens is 1. The van der Waals surface area contributed by atoms with E-state index in [2.05, 4.69) is 79.4 Å². The third-order valence-corrected chi connectivity index (χ3v) is 7.80. The van der Waals surface area contributed by atoms with Crippen LogP contribution in [0, 0.1) is 5.82 Å². The third-order valence-electron chi connectivity index (χ3n) is 7.80. The van der Waals surface area contributed by atoms with Crippen molar-refractivity contribution in [1.82, 2.24) is 4.90 Å². The van der Waals surface area contributed by atoms with Crippen LogP contribution in [0.5, 0.6) is 0 Å². The van der Waals surface area contributed by atoms with Gasteiger partial charge in [-0.25, -0.2) is 4.39 Å². The summed E-state index contributed by atoms with van der Waals surface area (Å²) in [6.45, 7) is 8.04. The van der Waals surface area contributed by atoms with E-state index in [1.54, 1.807) is 12.1 Å². The highest BCUT2D eigenvalue weighted by molar-refractivity contribution is 5.28. The maximum atomic E-state index is 13.8. The molecule has 1 unspecified atom stereocenters. The molecule has 0 amide bonds. The minimum Gasteiger partial charge on any atom is -0.375 e. The van der Waals surface area contributed by atoms with Crippen LogP contribution >= 0.6 is 0 Å². The van der Waals surface area contributed by atoms with Crippen molar-refractivity contribution in [3.05, 3.63) is 107 Å². The predicted molar refractivity (Wildman–Crippen MR) is 138 cm³/mol. The number of hydrogen-bond donors (Lipinski definition) is 0. The fraction of sp³-hybridized carbons (Fsp3) is 0.419. The Morgan fingerprint density at radius 1 is 0.794 bits per heavy atom. The van der Waals surface area contributed by atoms with E-state index in [9.17, 15) is 4.39 Å². The zero-order chi connectivity index (χ0) is 23.9. The molecule has 0 aromatic heterocycles. The molecule has 0 radical (unpaired) electrons. The topological polar surface area (TPSA) is 12.5 Å². The summed E-state index contributed by atoms with van der Waals surface area (Å²) in [5.74, 6) is -0.169. The first-order valence-electron chi connectivity index (χ1n) is 12.8. The molecule has 1 atom stereocenters. The number of hydrogen-bond acceptors (Lipinski definition) is 2. The highest BCUT2D eigenvalue weighted by Crippen LogP contribution is 2.47. The van der Waals surface area contributed by atoms with Gasteiger partial charge in [-0.3, -0.25) is 4.90 Å². The zero-order valence-electron chi connectivity index (χ0n) is 20.7. The largest absolute Gasteiger partial charge is 0.375 e. The molecule has 0 spiro atoms. The van der Waals surface area contributed by atoms with E-state index in [-0.39, 0.29) is 16.8 Å². The van der Waals surface area contributed by atoms with Crippen molar-refractivity contribution in [2.24, 2.45) is 0 Å². The van der Waals surface area contributed by atoms with Gasteiger partial charge in [-0.15, -0.1) is 0 Å². The van der Waals surface area contributed by atoms with Crippen LogP contribution in [-0.4, -0.2) is 23.7 Å². The quantitative estimate of drug-likeness (QED) is 0.311. The van der Waals surface area contributed by atoms with E-state index in [0.717, 1.165) is 58.3 Å². The standard InChI is InChI=1S/C31H38FNO/c1-3-31(4-2)25-30(20-22-34-31,28-15-17-29(32)18-16-28)19-21-33(23-26-11-7-5-8-12-26)24-27-13-9-6-10-14-27/h5-18H,3-4,19-25H2,1-2H3. The Labute approximate surface area is 204 Å². The fourth-order valence-corrected chi connectivity index (χ4v) is 5.60. The highest BCUT2D eigenvalue weighted by Gasteiger charge is 2.45. The van der Waals surface area contributed by atoms with Gasteiger partial charge in [-0.1, -0.05) is 86.6 Å². The lowest BCUT2D eigenvalue weighted by Gasteiger charge is -2.48. The molecule has 1 fully saturated rings. The summed E-state index contributed by atoms with van der Waals surface area (Å²) in [6.07, 6.45) is 5.01. The van der Waals surface area contributed by atoms with Crippen molar-refractivity contribution in [3.8, 4) is 0 Å². The normalized spacial score (nSPS) is 19.9. The van der Waals surface area contributed by atoms with Gasteiger partial charge < -0.3 is 4.74 Å². The maximum Gasteiger partial charge on any atom is 0.123 e. The second kappa shape index (κ2) is 11.3. The van der Waals surface area contributed by atoms with Gasteiger partial charge in [0.05, 0.1) is 5.60 Å². The lowest BCUT2D eigenvalue weighted by molar-refractivity contribution is -0.113. The van der Waals surface area contributed by atoms with Gasteiger partial charge in [0.1, 0.15) is 5.82 Å². The van der Waals surface area contributed by atoms with Gasteiger partial charge in [0.2, 0.25) is 0 Å². The number of rotatable bonds is 10. The van der Waals surface area contributed by atoms with Gasteiger partial charge >= 0.3 is 0 Å². The Hall–Kier alpha value is -2.49. The Kier molecular flexibility index (Phi) is 8.18. The summed E-state index contributed by atoms with van der Waals surface area (Å²) in [5.41, 5.74) is 3.80. The third kappa shape index (κ3) is 5.95. The summed E-state index contributed by atoms with van der Waals surface area (Å²) >= 11 is 0. The molecule has 0 bridgehead atoms. The molecule has 1 aliphatic rings. The molecule has 0 saturated carbocycles. The van der Waals surface area contributed by atoms with Crippen molar-refractivity contribution >= 4 is 0 Å². The zero-order valence-corrected chi connectivity index (χ0v) is 20.7. The van der Waals surface area contributed by atoms with Gasteiger partial charge in [0.25, 0.3) is 0 Å². The van der Waals surface area contributed by atoms with Gasteiger partial charge in [-0.05, 0) is 67.5 Å². The average molecular weight is 460 g/mol. The molecular formula is C31H38FNO. The molecule has 3 heteroatoms. The predicted octanol–water partition coefficient (Wildman–Crippen LogP) is 7.53. The van der Waals surface area contributed by atoms with Crippen LogP contribution in [0.15, 0.2) is 84.9 Å². The summed E-state index contributed by atoms with van der Waals surface area (Å²) in [6, 6.07) is 28.7. The molecule has 3 aromatic rings. The Morgan fingerprint density at radius 2 is 1.35 bits per heavy atom. The van der Waals surface area contributed by atoms with E-state index in [4.69, 9.17) is 4.74 Å². The first-order valence-corrected chi connectivity index (χ1v) is 12.8. The number of ether oxygens (including phenoxy) is 1. The van der Waals surface area contributed by atoms with Crippen LogP contribution in [-0.2, 0) is 23.2 Å². The van der Waals surface area contributed by atoms with E-state index in [1.807, 2.05) is 12.1 Å². The van der Waals surface area contributed by atoms with Crippen LogP contribution in [0.25, 0.3) is 0 Å². The Bertz CT molecular complexity index is 959. The maximum absolute atomic E-state index is 13.8. The van der Waals surface area contributed by atoms with E-state index in [1.165, 1.54) is 16.7 Å². The molecule has 0 N–H and O–H groups in total. The summed E-state index contributed by atoms with van der Waals surface area (Å²) in [4.78, 5) is 2.56. The highest BCUT2D eigenvalue weighted by atomic mass is 19.1. The minimum atomic E-state index is -0.169. The van der Waals surface area contributed by atoms with Crippen LogP contribution in [0.3, 0.4) is 0 Å². The molecule has 2 nitrogen and oxygen atoms in total. The van der Waals surface area contributed by atoms with Gasteiger partial charge in [0.15, 0.2) is 0 Å². The van der Waals surface area contributed by atoms with E-state index < -0.39 is 0 Å². The minimum absolute atomic E-state index is 0.0103. The second-order valence-electron chi connectivity index (χ2n) is 9.88. The average Bonchev–Trinajstić information content (AvgIpc) is 2.89. The first-order chi connectivity index (χ1) is 16.6. The second-order valence-corrected chi connectivity index (χ2v) is 9.88. The first kappa shape index (κ1) is 24.6. The molecule has 34 heavy (non-hydrogen) atoms. The van der Waals surface area contributed by atoms with Gasteiger partial charge in [0, 0.05) is 25.1 Å². The molecular weight excluding hydrogens is 421 g/mol. The van der Waals surface area contributed by atoms with E-state index >= 15 is 0 Å². The van der Waals surface area contributed by atoms with Crippen LogP contribution in [0.1, 0.15) is 62.6 Å². The van der Waals surface area contributed by atoms with Crippen molar-refractivity contribution in [3.63, 3.8) is 0 Å². The summed E-state index contributed by atoms with van der Waals surface area (Å²) in [5, 5.41) is 0. The summed E-state index contributed by atoms with van der Waals surface area (Å²) < 4.78 is 20.2. The lowest BCUT2D eigenvalue weighted by atomic mass is 9.65. The summed E-state index contributed by atoms with van der Waals surface area (Å²) in [7, 11) is 0. The molecule has 0 aliphatic carbocycles. The molecule has 1 aliphatic heterocycles. The molecule has 180 valence electrons. The number of nitrogens with zero attached hydrogens (tertiary/aromatic N) is 1. The van der Waals surface area contributed by atoms with Crippen molar-refractivity contribution < 1.29 is 9.13 Å². The van der Waals surface area contributed by atoms with Crippen molar-refractivity contribution in [1.29, 1.82) is 0 Å². The number of benzene rings is 3. The molecule has 1 heterocycles. The molecule has 3 aromatic carbocycles. The molecule has 1 saturated heterocycles. The monoisotopic (exact) mass is 459 g/mol. The van der Waals surface area contributed by atoms with Gasteiger partial charge in [-0.2, -0.15) is 0 Å². The Balaban J connectivity index is 1.61. The fourth-order valence-electron chi connectivity index (χ4n) is 5.60. The Morgan fingerprint density at radius 3 is 1.88 bits per heavy atom. The SMILES string of the molecule is CCC1(CC)CC(CCN(Cc2ccccc2)Cc2ccccc2)(c2ccc(F)cc2)CCO1. The van der Waals surface area contributed by atoms with Crippen molar-refractivity contribution in [2.75, 3.05) is 13.2 Å². The smallest absolute Gasteiger partial charge is 0.123 e. The lowest BCUT2D eigenvalue weighted by Crippen LogP contribution is -2.48. The van der Waals surface area contributed by atoms with E-state index in [0.29, 0.717) is 0 Å². The van der Waals surface area contributed by atoms with Crippen LogP contribution < -0.4 is 0 Å². The molecule has 4 rings (SSSR count).